The van der Waals surface area contributed by atoms with Crippen molar-refractivity contribution in [3.63, 3.8) is 0 Å². The van der Waals surface area contributed by atoms with Gasteiger partial charge in [0.15, 0.2) is 0 Å². The zero-order chi connectivity index (χ0) is 11.0. The third-order valence-electron chi connectivity index (χ3n) is 3.02. The lowest BCUT2D eigenvalue weighted by molar-refractivity contribution is 0.0718. The summed E-state index contributed by atoms with van der Waals surface area (Å²) in [6, 6.07) is 8.03. The normalized spacial score (nSPS) is 15.8. The summed E-state index contributed by atoms with van der Waals surface area (Å²) >= 11 is 5.99. The Morgan fingerprint density at radius 2 is 2.19 bits per heavy atom. The number of hydrogen-bond donors (Lipinski definition) is 0. The maximum Gasteiger partial charge on any atom is 0.122 e. The molecule has 1 aromatic carbocycles. The van der Waals surface area contributed by atoms with Crippen molar-refractivity contribution in [3.05, 3.63) is 35.5 Å². The van der Waals surface area contributed by atoms with Crippen molar-refractivity contribution >= 4 is 22.5 Å². The monoisotopic (exact) mass is 235 g/mol. The van der Waals surface area contributed by atoms with Gasteiger partial charge in [0.05, 0.1) is 12.1 Å². The van der Waals surface area contributed by atoms with Crippen LogP contribution in [-0.4, -0.2) is 11.2 Å². The molecule has 3 heteroatoms. The minimum absolute atomic E-state index is 0.625. The lowest BCUT2D eigenvalue weighted by Crippen LogP contribution is -2.03. The van der Waals surface area contributed by atoms with E-state index in [1.165, 1.54) is 18.2 Å². The van der Waals surface area contributed by atoms with Crippen molar-refractivity contribution in [1.82, 2.24) is 4.57 Å². The largest absolute Gasteiger partial charge is 0.360 e. The molecule has 3 rings (SSSR count). The molecule has 0 spiro atoms. The van der Waals surface area contributed by atoms with E-state index in [1.54, 1.807) is 0 Å². The van der Waals surface area contributed by atoms with Gasteiger partial charge in [0.1, 0.15) is 6.73 Å². The van der Waals surface area contributed by atoms with E-state index in [2.05, 4.69) is 10.6 Å². The average Bonchev–Trinajstić information content (AvgIpc) is 3.01. The molecule has 2 nitrogen and oxygen atoms in total. The topological polar surface area (TPSA) is 14.2 Å². The second kappa shape index (κ2) is 4.11. The van der Waals surface area contributed by atoms with Gasteiger partial charge in [-0.15, -0.1) is 0 Å². The molecular weight excluding hydrogens is 222 g/mol. The van der Waals surface area contributed by atoms with Crippen LogP contribution in [-0.2, 0) is 11.5 Å². The quantitative estimate of drug-likeness (QED) is 0.789. The Hall–Kier alpha value is -0.990. The molecule has 1 aromatic heterocycles. The Kier molecular flexibility index (Phi) is 2.62. The summed E-state index contributed by atoms with van der Waals surface area (Å²) in [6.45, 7) is 1.51. The molecule has 1 aliphatic rings. The Labute approximate surface area is 99.8 Å². The van der Waals surface area contributed by atoms with Crippen LogP contribution in [0.1, 0.15) is 12.8 Å². The molecule has 0 saturated heterocycles. The molecule has 0 aliphatic heterocycles. The standard InChI is InChI=1S/C13H14ClNO/c14-12-4-3-11-5-6-15(13(11)7-12)9-16-8-10-1-2-10/h3-7,10H,1-2,8-9H2. The minimum atomic E-state index is 0.625. The molecule has 16 heavy (non-hydrogen) atoms. The van der Waals surface area contributed by atoms with Crippen LogP contribution in [0, 0.1) is 5.92 Å². The number of aromatic nitrogens is 1. The SMILES string of the molecule is Clc1ccc2ccn(COCC3CC3)c2c1. The average molecular weight is 236 g/mol. The second-order valence-electron chi connectivity index (χ2n) is 4.43. The highest BCUT2D eigenvalue weighted by Crippen LogP contribution is 2.29. The van der Waals surface area contributed by atoms with Crippen molar-refractivity contribution in [3.8, 4) is 0 Å². The smallest absolute Gasteiger partial charge is 0.122 e. The number of halogens is 1. The van der Waals surface area contributed by atoms with Crippen LogP contribution in [0.25, 0.3) is 10.9 Å². The van der Waals surface area contributed by atoms with Crippen LogP contribution >= 0.6 is 11.6 Å². The van der Waals surface area contributed by atoms with Crippen molar-refractivity contribution in [1.29, 1.82) is 0 Å². The summed E-state index contributed by atoms with van der Waals surface area (Å²) in [4.78, 5) is 0. The van der Waals surface area contributed by atoms with Gasteiger partial charge in [-0.1, -0.05) is 17.7 Å². The molecule has 1 fully saturated rings. The Bertz CT molecular complexity index is 502. The molecule has 0 N–H and O–H groups in total. The van der Waals surface area contributed by atoms with Crippen LogP contribution in [0.3, 0.4) is 0 Å². The highest BCUT2D eigenvalue weighted by atomic mass is 35.5. The van der Waals surface area contributed by atoms with Gasteiger partial charge < -0.3 is 9.30 Å². The van der Waals surface area contributed by atoms with Crippen LogP contribution < -0.4 is 0 Å². The van der Waals surface area contributed by atoms with Gasteiger partial charge in [-0.2, -0.15) is 0 Å². The van der Waals surface area contributed by atoms with Gasteiger partial charge in [0.2, 0.25) is 0 Å². The van der Waals surface area contributed by atoms with Crippen LogP contribution in [0.2, 0.25) is 5.02 Å². The Morgan fingerprint density at radius 3 is 3.00 bits per heavy atom. The van der Waals surface area contributed by atoms with Gasteiger partial charge >= 0.3 is 0 Å². The molecule has 2 aromatic rings. The molecule has 0 radical (unpaired) electrons. The summed E-state index contributed by atoms with van der Waals surface area (Å²) in [6.07, 6.45) is 4.71. The van der Waals surface area contributed by atoms with E-state index in [1.807, 2.05) is 24.4 Å². The van der Waals surface area contributed by atoms with Crippen molar-refractivity contribution in [2.45, 2.75) is 19.6 Å². The highest BCUT2D eigenvalue weighted by molar-refractivity contribution is 6.31. The van der Waals surface area contributed by atoms with E-state index >= 15 is 0 Å². The first kappa shape index (κ1) is 10.2. The molecule has 1 saturated carbocycles. The van der Waals surface area contributed by atoms with Gasteiger partial charge in [0.25, 0.3) is 0 Å². The van der Waals surface area contributed by atoms with Crippen LogP contribution in [0.4, 0.5) is 0 Å². The van der Waals surface area contributed by atoms with Crippen molar-refractivity contribution in [2.75, 3.05) is 6.61 Å². The summed E-state index contributed by atoms with van der Waals surface area (Å²) in [5.41, 5.74) is 1.14. The van der Waals surface area contributed by atoms with E-state index in [0.717, 1.165) is 23.1 Å². The predicted molar refractivity (Wildman–Crippen MR) is 65.6 cm³/mol. The van der Waals surface area contributed by atoms with Crippen molar-refractivity contribution < 1.29 is 4.74 Å². The fraction of sp³-hybridized carbons (Fsp3) is 0.385. The number of rotatable bonds is 4. The van der Waals surface area contributed by atoms with Crippen LogP contribution in [0.15, 0.2) is 30.5 Å². The van der Waals surface area contributed by atoms with Gasteiger partial charge in [-0.25, -0.2) is 0 Å². The lowest BCUT2D eigenvalue weighted by atomic mass is 10.2. The Balaban J connectivity index is 1.76. The van der Waals surface area contributed by atoms with Gasteiger partial charge in [0, 0.05) is 11.2 Å². The number of benzene rings is 1. The first-order valence-electron chi connectivity index (χ1n) is 5.65. The number of fused-ring (bicyclic) bond motifs is 1. The molecular formula is C13H14ClNO. The second-order valence-corrected chi connectivity index (χ2v) is 4.87. The zero-order valence-electron chi connectivity index (χ0n) is 9.03. The van der Waals surface area contributed by atoms with E-state index in [4.69, 9.17) is 16.3 Å². The molecule has 1 heterocycles. The fourth-order valence-electron chi connectivity index (χ4n) is 1.87. The molecule has 84 valence electrons. The lowest BCUT2D eigenvalue weighted by Gasteiger charge is -2.06. The predicted octanol–water partition coefficient (Wildman–Crippen LogP) is 3.68. The highest BCUT2D eigenvalue weighted by Gasteiger charge is 2.21. The van der Waals surface area contributed by atoms with Crippen molar-refractivity contribution in [2.24, 2.45) is 5.92 Å². The van der Waals surface area contributed by atoms with E-state index in [9.17, 15) is 0 Å². The zero-order valence-corrected chi connectivity index (χ0v) is 9.78. The maximum atomic E-state index is 5.99. The molecule has 0 amide bonds. The third-order valence-corrected chi connectivity index (χ3v) is 3.25. The summed E-state index contributed by atoms with van der Waals surface area (Å²) < 4.78 is 7.77. The summed E-state index contributed by atoms with van der Waals surface area (Å²) in [5, 5.41) is 1.98. The first-order chi connectivity index (χ1) is 7.83. The van der Waals surface area contributed by atoms with Gasteiger partial charge in [-0.05, 0) is 42.3 Å². The van der Waals surface area contributed by atoms with E-state index in [-0.39, 0.29) is 0 Å². The maximum absolute atomic E-state index is 5.99. The Morgan fingerprint density at radius 1 is 1.31 bits per heavy atom. The van der Waals surface area contributed by atoms with Gasteiger partial charge in [-0.3, -0.25) is 0 Å². The number of ether oxygens (including phenoxy) is 1. The first-order valence-corrected chi connectivity index (χ1v) is 6.03. The molecule has 1 aliphatic carbocycles. The third kappa shape index (κ3) is 2.08. The fourth-order valence-corrected chi connectivity index (χ4v) is 2.04. The number of nitrogens with zero attached hydrogens (tertiary/aromatic N) is 1. The summed E-state index contributed by atoms with van der Waals surface area (Å²) in [5.74, 6) is 0.811. The minimum Gasteiger partial charge on any atom is -0.360 e. The molecule has 0 atom stereocenters. The number of hydrogen-bond acceptors (Lipinski definition) is 1. The van der Waals surface area contributed by atoms with E-state index < -0.39 is 0 Å². The molecule has 0 unspecified atom stereocenters. The molecule has 0 bridgehead atoms. The van der Waals surface area contributed by atoms with Crippen LogP contribution in [0.5, 0.6) is 0 Å². The summed E-state index contributed by atoms with van der Waals surface area (Å²) in [7, 11) is 0. The van der Waals surface area contributed by atoms with E-state index in [0.29, 0.717) is 6.73 Å².